The molecule has 0 bridgehead atoms. The fourth-order valence-corrected chi connectivity index (χ4v) is 3.05. The summed E-state index contributed by atoms with van der Waals surface area (Å²) in [7, 11) is 0. The molecule has 3 heteroatoms. The van der Waals surface area contributed by atoms with Crippen LogP contribution < -0.4 is 21.2 Å². The molecule has 14 heavy (non-hydrogen) atoms. The summed E-state index contributed by atoms with van der Waals surface area (Å²) in [6.07, 6.45) is 8.19. The van der Waals surface area contributed by atoms with Crippen molar-refractivity contribution in [3.05, 3.63) is 52.0 Å². The molecule has 1 aliphatic heterocycles. The first kappa shape index (κ1) is 9.45. The summed E-state index contributed by atoms with van der Waals surface area (Å²) in [5.74, 6) is 0.908. The molecule has 1 aromatic rings. The number of furan rings is 1. The van der Waals surface area contributed by atoms with Gasteiger partial charge in [-0.15, -0.1) is 0 Å². The predicted molar refractivity (Wildman–Crippen MR) is 50.0 cm³/mol. The van der Waals surface area contributed by atoms with Crippen LogP contribution in [-0.2, 0) is 4.79 Å². The van der Waals surface area contributed by atoms with Gasteiger partial charge in [-0.1, -0.05) is 0 Å². The number of allylic oxidation sites excluding steroid dienone is 4. The van der Waals surface area contributed by atoms with Crippen molar-refractivity contribution in [2.24, 2.45) is 0 Å². The van der Waals surface area contributed by atoms with Crippen LogP contribution in [0.4, 0.5) is 0 Å². The summed E-state index contributed by atoms with van der Waals surface area (Å²) in [5, 5.41) is 0. The second-order valence-corrected chi connectivity index (χ2v) is 5.18. The Morgan fingerprint density at radius 3 is 3.00 bits per heavy atom. The summed E-state index contributed by atoms with van der Waals surface area (Å²) in [6.45, 7) is 0. The third-order valence-electron chi connectivity index (χ3n) is 1.75. The second kappa shape index (κ2) is 4.41. The fourth-order valence-electron chi connectivity index (χ4n) is 1.06. The van der Waals surface area contributed by atoms with Gasteiger partial charge in [-0.3, -0.25) is 0 Å². The van der Waals surface area contributed by atoms with E-state index >= 15 is 0 Å². The zero-order valence-corrected chi connectivity index (χ0v) is 9.47. The standard InChI is InChI=1S/C11H8IO2/c13-8-9-3-4-10(12-6-5-9)11-2-1-7-14-11/h1-8H/q-1. The number of carbonyl (C=O) groups is 1. The second-order valence-electron chi connectivity index (χ2n) is 2.68. The minimum atomic E-state index is -0.189. The zero-order valence-electron chi connectivity index (χ0n) is 7.31. The zero-order chi connectivity index (χ0) is 9.80. The van der Waals surface area contributed by atoms with E-state index in [0.717, 1.165) is 12.0 Å². The van der Waals surface area contributed by atoms with Gasteiger partial charge in [-0.05, 0) is 0 Å². The Labute approximate surface area is 92.3 Å². The Bertz CT molecular complexity index is 411. The molecule has 0 saturated carbocycles. The third-order valence-corrected chi connectivity index (χ3v) is 4.03. The summed E-state index contributed by atoms with van der Waals surface area (Å²) >= 11 is -0.189. The third kappa shape index (κ3) is 2.04. The molecule has 1 aromatic heterocycles. The number of aldehydes is 1. The molecule has 0 N–H and O–H groups in total. The summed E-state index contributed by atoms with van der Waals surface area (Å²) in [6, 6.07) is 3.82. The van der Waals surface area contributed by atoms with Crippen molar-refractivity contribution < 1.29 is 30.4 Å². The van der Waals surface area contributed by atoms with Crippen LogP contribution in [0.15, 0.2) is 50.7 Å². The SMILES string of the molecule is O=CC1=CC=C(c2ccco2)[I-]C=C1. The van der Waals surface area contributed by atoms with Crippen molar-refractivity contribution in [1.82, 2.24) is 0 Å². The van der Waals surface area contributed by atoms with E-state index in [2.05, 4.69) is 4.08 Å². The van der Waals surface area contributed by atoms with E-state index in [1.807, 2.05) is 30.4 Å². The quantitative estimate of drug-likeness (QED) is 0.537. The molecule has 2 nitrogen and oxygen atoms in total. The minimum absolute atomic E-state index is 0.189. The molecule has 72 valence electrons. The normalized spacial score (nSPS) is 16.3. The molecule has 0 fully saturated rings. The van der Waals surface area contributed by atoms with Crippen molar-refractivity contribution in [3.8, 4) is 0 Å². The molecule has 0 unspecified atom stereocenters. The molecule has 0 spiro atoms. The van der Waals surface area contributed by atoms with Gasteiger partial charge in [0.1, 0.15) is 0 Å². The molecule has 0 atom stereocenters. The van der Waals surface area contributed by atoms with Crippen LogP contribution in [0.25, 0.3) is 3.58 Å². The van der Waals surface area contributed by atoms with E-state index in [-0.39, 0.29) is 21.2 Å². The van der Waals surface area contributed by atoms with Crippen LogP contribution in [0.5, 0.6) is 0 Å². The number of carbonyl (C=O) groups excluding carboxylic acids is 1. The summed E-state index contributed by atoms with van der Waals surface area (Å²) < 4.78 is 8.57. The average Bonchev–Trinajstić information content (AvgIpc) is 2.63. The molecule has 1 aliphatic rings. The molecule has 0 radical (unpaired) electrons. The van der Waals surface area contributed by atoms with Crippen molar-refractivity contribution >= 4 is 9.87 Å². The fraction of sp³-hybridized carbons (Fsp3) is 0. The number of rotatable bonds is 2. The number of hydrogen-bond acceptors (Lipinski definition) is 2. The van der Waals surface area contributed by atoms with E-state index < -0.39 is 0 Å². The van der Waals surface area contributed by atoms with Crippen LogP contribution in [0.3, 0.4) is 0 Å². The molecular weight excluding hydrogens is 291 g/mol. The number of hydrogen-bond donors (Lipinski definition) is 0. The van der Waals surface area contributed by atoms with Crippen LogP contribution in [0.1, 0.15) is 5.76 Å². The van der Waals surface area contributed by atoms with E-state index in [1.165, 1.54) is 3.58 Å². The topological polar surface area (TPSA) is 30.2 Å². The van der Waals surface area contributed by atoms with Crippen LogP contribution >= 0.6 is 0 Å². The first-order valence-corrected chi connectivity index (χ1v) is 6.43. The Morgan fingerprint density at radius 1 is 1.36 bits per heavy atom. The summed E-state index contributed by atoms with van der Waals surface area (Å²) in [4.78, 5) is 10.5. The van der Waals surface area contributed by atoms with E-state index in [1.54, 1.807) is 6.26 Å². The first-order valence-electron chi connectivity index (χ1n) is 4.11. The summed E-state index contributed by atoms with van der Waals surface area (Å²) in [5.41, 5.74) is 0.714. The van der Waals surface area contributed by atoms with Crippen molar-refractivity contribution in [2.45, 2.75) is 0 Å². The first-order chi connectivity index (χ1) is 6.90. The van der Waals surface area contributed by atoms with Gasteiger partial charge < -0.3 is 0 Å². The Kier molecular flexibility index (Phi) is 2.98. The Balaban J connectivity index is 2.31. The van der Waals surface area contributed by atoms with Crippen LogP contribution in [0.2, 0.25) is 0 Å². The molecule has 0 saturated heterocycles. The van der Waals surface area contributed by atoms with Gasteiger partial charge in [0.05, 0.1) is 0 Å². The van der Waals surface area contributed by atoms with Crippen LogP contribution in [0, 0.1) is 0 Å². The van der Waals surface area contributed by atoms with Gasteiger partial charge in [0, 0.05) is 0 Å². The average molecular weight is 299 g/mol. The van der Waals surface area contributed by atoms with E-state index in [0.29, 0.717) is 5.57 Å². The van der Waals surface area contributed by atoms with E-state index in [4.69, 9.17) is 4.42 Å². The van der Waals surface area contributed by atoms with Crippen molar-refractivity contribution in [3.63, 3.8) is 0 Å². The maximum atomic E-state index is 10.5. The van der Waals surface area contributed by atoms with Crippen LogP contribution in [-0.4, -0.2) is 6.29 Å². The van der Waals surface area contributed by atoms with Gasteiger partial charge in [0.15, 0.2) is 0 Å². The predicted octanol–water partition coefficient (Wildman–Crippen LogP) is -0.638. The van der Waals surface area contributed by atoms with Gasteiger partial charge in [0.2, 0.25) is 0 Å². The molecule has 0 amide bonds. The van der Waals surface area contributed by atoms with Gasteiger partial charge >= 0.3 is 92.3 Å². The Hall–Kier alpha value is -1.10. The Morgan fingerprint density at radius 2 is 2.29 bits per heavy atom. The maximum absolute atomic E-state index is 10.5. The molecule has 0 aromatic carbocycles. The monoisotopic (exact) mass is 299 g/mol. The molecular formula is C11H8IO2-. The van der Waals surface area contributed by atoms with Gasteiger partial charge in [0.25, 0.3) is 0 Å². The molecule has 2 heterocycles. The van der Waals surface area contributed by atoms with Gasteiger partial charge in [-0.2, -0.15) is 0 Å². The van der Waals surface area contributed by atoms with Crippen molar-refractivity contribution in [2.75, 3.05) is 0 Å². The molecule has 0 aliphatic carbocycles. The molecule has 2 rings (SSSR count). The van der Waals surface area contributed by atoms with Crippen molar-refractivity contribution in [1.29, 1.82) is 0 Å². The number of halogens is 1. The van der Waals surface area contributed by atoms with E-state index in [9.17, 15) is 4.79 Å². The van der Waals surface area contributed by atoms with Gasteiger partial charge in [-0.25, -0.2) is 0 Å².